The van der Waals surface area contributed by atoms with Crippen LogP contribution in [0, 0.1) is 0 Å². The molecule has 1 nitrogen and oxygen atoms in total. The van der Waals surface area contributed by atoms with Crippen LogP contribution >= 0.6 is 0 Å². The lowest BCUT2D eigenvalue weighted by Crippen LogP contribution is -1.65. The zero-order valence-corrected chi connectivity index (χ0v) is 5.39. The maximum Gasteiger partial charge on any atom is 0.0368 e. The first-order chi connectivity index (χ1) is 3.81. The Labute approximate surface area is 50.4 Å². The number of aliphatic imine (C=N–C) groups is 1. The maximum absolute atomic E-state index is 3.98. The smallest absolute Gasteiger partial charge is 0.0368 e. The Bertz CT molecular complexity index is 120. The summed E-state index contributed by atoms with van der Waals surface area (Å²) in [7, 11) is 0. The molecule has 0 aliphatic heterocycles. The molecule has 0 fully saturated rings. The highest BCUT2D eigenvalue weighted by molar-refractivity contribution is 5.55. The molecule has 0 bridgehead atoms. The zero-order chi connectivity index (χ0) is 6.41. The molecular formula is C7H11N. The number of nitrogens with zero attached hydrogens (tertiary/aromatic N) is 1. The van der Waals surface area contributed by atoms with Crippen LogP contribution in [0.3, 0.4) is 0 Å². The molecule has 0 saturated carbocycles. The third-order valence-electron chi connectivity index (χ3n) is 0.692. The number of hydrogen-bond donors (Lipinski definition) is 0. The minimum atomic E-state index is 0.988. The molecule has 0 aromatic carbocycles. The van der Waals surface area contributed by atoms with E-state index in [1.165, 1.54) is 0 Å². The van der Waals surface area contributed by atoms with Crippen molar-refractivity contribution in [1.82, 2.24) is 0 Å². The molecule has 0 radical (unpaired) electrons. The van der Waals surface area contributed by atoms with Gasteiger partial charge in [0.1, 0.15) is 0 Å². The molecule has 0 N–H and O–H groups in total. The maximum atomic E-state index is 3.98. The van der Waals surface area contributed by atoms with Crippen LogP contribution < -0.4 is 0 Å². The topological polar surface area (TPSA) is 12.4 Å². The van der Waals surface area contributed by atoms with Crippen LogP contribution in [0.4, 0.5) is 0 Å². The van der Waals surface area contributed by atoms with Crippen LogP contribution in [0.25, 0.3) is 0 Å². The molecule has 0 atom stereocenters. The predicted molar refractivity (Wildman–Crippen MR) is 38.1 cm³/mol. The Balaban J connectivity index is 3.79. The Morgan fingerprint density at radius 1 is 1.62 bits per heavy atom. The Morgan fingerprint density at radius 3 is 2.62 bits per heavy atom. The highest BCUT2D eigenvalue weighted by atomic mass is 14.7. The van der Waals surface area contributed by atoms with Crippen molar-refractivity contribution in [1.29, 1.82) is 0 Å². The second kappa shape index (κ2) is 4.31. The van der Waals surface area contributed by atoms with Crippen LogP contribution in [-0.4, -0.2) is 6.21 Å². The molecular weight excluding hydrogens is 98.1 g/mol. The Morgan fingerprint density at radius 2 is 2.25 bits per heavy atom. The minimum absolute atomic E-state index is 0.988. The average molecular weight is 109 g/mol. The Kier molecular flexibility index (Phi) is 3.85. The highest BCUT2D eigenvalue weighted by Gasteiger charge is 1.72. The van der Waals surface area contributed by atoms with Crippen molar-refractivity contribution in [3.05, 3.63) is 24.4 Å². The molecule has 0 aromatic heterocycles. The van der Waals surface area contributed by atoms with E-state index in [1.807, 2.05) is 19.9 Å². The summed E-state index contributed by atoms with van der Waals surface area (Å²) in [5, 5.41) is 0. The molecule has 0 amide bonds. The van der Waals surface area contributed by atoms with Crippen molar-refractivity contribution in [2.45, 2.75) is 13.8 Å². The molecule has 0 aliphatic carbocycles. The van der Waals surface area contributed by atoms with E-state index in [0.717, 1.165) is 5.70 Å². The molecule has 0 spiro atoms. The van der Waals surface area contributed by atoms with Crippen LogP contribution in [-0.2, 0) is 0 Å². The van der Waals surface area contributed by atoms with E-state index in [9.17, 15) is 0 Å². The number of allylic oxidation sites excluding steroid dienone is 3. The SMILES string of the molecule is C=C/C=C(C)\N=C/C. The van der Waals surface area contributed by atoms with Crippen molar-refractivity contribution in [3.8, 4) is 0 Å². The lowest BCUT2D eigenvalue weighted by molar-refractivity contribution is 1.31. The number of rotatable bonds is 2. The van der Waals surface area contributed by atoms with Gasteiger partial charge >= 0.3 is 0 Å². The summed E-state index contributed by atoms with van der Waals surface area (Å²) in [6, 6.07) is 0. The van der Waals surface area contributed by atoms with Gasteiger partial charge in [0.25, 0.3) is 0 Å². The molecule has 0 aromatic rings. The van der Waals surface area contributed by atoms with Crippen molar-refractivity contribution < 1.29 is 0 Å². The fourth-order valence-corrected chi connectivity index (χ4v) is 0.417. The summed E-state index contributed by atoms with van der Waals surface area (Å²) in [5.41, 5.74) is 0.988. The summed E-state index contributed by atoms with van der Waals surface area (Å²) in [4.78, 5) is 3.98. The lowest BCUT2D eigenvalue weighted by Gasteiger charge is -1.83. The molecule has 8 heavy (non-hydrogen) atoms. The standard InChI is InChI=1S/C7H11N/c1-4-6-7(3)8-5-2/h4-6H,1H2,2-3H3/b7-6-,8-5-. The first-order valence-corrected chi connectivity index (χ1v) is 2.59. The highest BCUT2D eigenvalue weighted by Crippen LogP contribution is 1.91. The second-order valence-corrected chi connectivity index (χ2v) is 1.43. The van der Waals surface area contributed by atoms with Crippen molar-refractivity contribution in [2.24, 2.45) is 4.99 Å². The molecule has 0 heterocycles. The van der Waals surface area contributed by atoms with Crippen molar-refractivity contribution in [2.75, 3.05) is 0 Å². The lowest BCUT2D eigenvalue weighted by atomic mass is 10.4. The first-order valence-electron chi connectivity index (χ1n) is 2.59. The van der Waals surface area contributed by atoms with Gasteiger partial charge in [-0.25, -0.2) is 0 Å². The summed E-state index contributed by atoms with van der Waals surface area (Å²) >= 11 is 0. The normalized spacial score (nSPS) is 12.5. The van der Waals surface area contributed by atoms with E-state index in [1.54, 1.807) is 12.3 Å². The van der Waals surface area contributed by atoms with Gasteiger partial charge in [-0.2, -0.15) is 0 Å². The van der Waals surface area contributed by atoms with Crippen LogP contribution in [0.15, 0.2) is 29.4 Å². The van der Waals surface area contributed by atoms with E-state index in [2.05, 4.69) is 11.6 Å². The molecule has 0 rings (SSSR count). The third-order valence-corrected chi connectivity index (χ3v) is 0.692. The van der Waals surface area contributed by atoms with Gasteiger partial charge < -0.3 is 0 Å². The van der Waals surface area contributed by atoms with Crippen LogP contribution in [0.5, 0.6) is 0 Å². The fraction of sp³-hybridized carbons (Fsp3) is 0.286. The molecule has 44 valence electrons. The van der Waals surface area contributed by atoms with E-state index < -0.39 is 0 Å². The van der Waals surface area contributed by atoms with Gasteiger partial charge in [-0.15, -0.1) is 0 Å². The zero-order valence-electron chi connectivity index (χ0n) is 5.39. The molecule has 1 heteroatoms. The van der Waals surface area contributed by atoms with Gasteiger partial charge in [0, 0.05) is 11.9 Å². The molecule has 0 aliphatic rings. The van der Waals surface area contributed by atoms with Gasteiger partial charge in [0.05, 0.1) is 0 Å². The van der Waals surface area contributed by atoms with Crippen molar-refractivity contribution >= 4 is 6.21 Å². The van der Waals surface area contributed by atoms with Crippen LogP contribution in [0.1, 0.15) is 13.8 Å². The van der Waals surface area contributed by atoms with E-state index in [-0.39, 0.29) is 0 Å². The van der Waals surface area contributed by atoms with Gasteiger partial charge in [-0.1, -0.05) is 12.7 Å². The average Bonchev–Trinajstić information content (AvgIpc) is 1.68. The van der Waals surface area contributed by atoms with Gasteiger partial charge in [0.2, 0.25) is 0 Å². The fourth-order valence-electron chi connectivity index (χ4n) is 0.417. The van der Waals surface area contributed by atoms with Crippen molar-refractivity contribution in [3.63, 3.8) is 0 Å². The summed E-state index contributed by atoms with van der Waals surface area (Å²) in [5.74, 6) is 0. The first kappa shape index (κ1) is 7.15. The summed E-state index contributed by atoms with van der Waals surface area (Å²) in [6.07, 6.45) is 5.34. The largest absolute Gasteiger partial charge is 0.266 e. The van der Waals surface area contributed by atoms with Gasteiger partial charge in [-0.05, 0) is 19.9 Å². The monoisotopic (exact) mass is 109 g/mol. The summed E-state index contributed by atoms with van der Waals surface area (Å²) < 4.78 is 0. The third kappa shape index (κ3) is 3.34. The molecule has 0 saturated heterocycles. The van der Waals surface area contributed by atoms with Gasteiger partial charge in [-0.3, -0.25) is 4.99 Å². The number of hydrogen-bond acceptors (Lipinski definition) is 1. The predicted octanol–water partition coefficient (Wildman–Crippen LogP) is 2.17. The van der Waals surface area contributed by atoms with Crippen LogP contribution in [0.2, 0.25) is 0 Å². The molecule has 0 unspecified atom stereocenters. The van der Waals surface area contributed by atoms with E-state index in [4.69, 9.17) is 0 Å². The quantitative estimate of drug-likeness (QED) is 0.380. The van der Waals surface area contributed by atoms with E-state index in [0.29, 0.717) is 0 Å². The second-order valence-electron chi connectivity index (χ2n) is 1.43. The van der Waals surface area contributed by atoms with E-state index >= 15 is 0 Å². The summed E-state index contributed by atoms with van der Waals surface area (Å²) in [6.45, 7) is 7.35. The van der Waals surface area contributed by atoms with Gasteiger partial charge in [0.15, 0.2) is 0 Å². The minimum Gasteiger partial charge on any atom is -0.266 e. The Hall–Kier alpha value is -0.850.